The van der Waals surface area contributed by atoms with E-state index in [2.05, 4.69) is 33.4 Å². The third-order valence-electron chi connectivity index (χ3n) is 3.60. The minimum Gasteiger partial charge on any atom is -0.461 e. The highest BCUT2D eigenvalue weighted by molar-refractivity contribution is 9.10. The van der Waals surface area contributed by atoms with Crippen LogP contribution in [0.3, 0.4) is 0 Å². The van der Waals surface area contributed by atoms with Gasteiger partial charge in [-0.05, 0) is 68.3 Å². The van der Waals surface area contributed by atoms with Crippen LogP contribution in [0.5, 0.6) is 0 Å². The molecule has 3 aromatic rings. The van der Waals surface area contributed by atoms with Crippen LogP contribution >= 0.6 is 15.9 Å². The summed E-state index contributed by atoms with van der Waals surface area (Å²) in [6, 6.07) is 4.17. The van der Waals surface area contributed by atoms with Gasteiger partial charge in [-0.25, -0.2) is 0 Å². The molecule has 0 aliphatic rings. The normalized spacial score (nSPS) is 11.8. The van der Waals surface area contributed by atoms with Crippen molar-refractivity contribution in [2.45, 2.75) is 26.7 Å². The number of fused-ring (bicyclic) bond motifs is 2. The molecule has 2 aromatic heterocycles. The Kier molecular flexibility index (Phi) is 3.61. The number of hydrogen-bond acceptors (Lipinski definition) is 3. The zero-order valence-corrected chi connectivity index (χ0v) is 13.6. The first-order valence-electron chi connectivity index (χ1n) is 6.87. The van der Waals surface area contributed by atoms with Crippen molar-refractivity contribution in [2.24, 2.45) is 0 Å². The molecule has 2 heterocycles. The third kappa shape index (κ3) is 2.17. The highest BCUT2D eigenvalue weighted by atomic mass is 79.9. The lowest BCUT2D eigenvalue weighted by Crippen LogP contribution is -2.08. The van der Waals surface area contributed by atoms with Crippen LogP contribution in [0.4, 0.5) is 0 Å². The van der Waals surface area contributed by atoms with Gasteiger partial charge in [0.2, 0.25) is 0 Å². The van der Waals surface area contributed by atoms with Crippen LogP contribution in [0, 0.1) is 13.8 Å². The Morgan fingerprint density at radius 3 is 2.40 bits per heavy atom. The van der Waals surface area contributed by atoms with Crippen molar-refractivity contribution in [3.05, 3.63) is 33.7 Å². The lowest BCUT2D eigenvalue weighted by atomic mass is 10.0. The Labute approximate surface area is 126 Å². The molecule has 0 unspecified atom stereocenters. The number of hydrogen-bond donors (Lipinski definition) is 1. The molecule has 0 aliphatic heterocycles. The highest BCUT2D eigenvalue weighted by Crippen LogP contribution is 2.39. The average molecular weight is 336 g/mol. The van der Waals surface area contributed by atoms with Gasteiger partial charge in [0, 0.05) is 16.3 Å². The van der Waals surface area contributed by atoms with Crippen molar-refractivity contribution in [1.29, 1.82) is 0 Å². The Morgan fingerprint density at radius 1 is 1.05 bits per heavy atom. The van der Waals surface area contributed by atoms with Gasteiger partial charge in [-0.3, -0.25) is 0 Å². The predicted molar refractivity (Wildman–Crippen MR) is 85.4 cm³/mol. The molecule has 0 saturated carbocycles. The van der Waals surface area contributed by atoms with E-state index in [1.54, 1.807) is 0 Å². The summed E-state index contributed by atoms with van der Waals surface area (Å²) in [5, 5.41) is 5.45. The average Bonchev–Trinajstić information content (AvgIpc) is 2.97. The lowest BCUT2D eigenvalue weighted by molar-refractivity contribution is 0.570. The fraction of sp³-hybridized carbons (Fsp3) is 0.375. The predicted octanol–water partition coefficient (Wildman–Crippen LogP) is 4.71. The van der Waals surface area contributed by atoms with Crippen molar-refractivity contribution < 1.29 is 8.83 Å². The summed E-state index contributed by atoms with van der Waals surface area (Å²) in [4.78, 5) is 0. The van der Waals surface area contributed by atoms with Crippen molar-refractivity contribution in [1.82, 2.24) is 5.32 Å². The van der Waals surface area contributed by atoms with E-state index in [0.29, 0.717) is 0 Å². The maximum atomic E-state index is 5.94. The summed E-state index contributed by atoms with van der Waals surface area (Å²) in [6.45, 7) is 4.96. The highest BCUT2D eigenvalue weighted by Gasteiger charge is 2.18. The minimum atomic E-state index is 0.926. The van der Waals surface area contributed by atoms with Crippen molar-refractivity contribution >= 4 is 37.9 Å². The molecule has 0 aliphatic carbocycles. The second-order valence-electron chi connectivity index (χ2n) is 5.20. The maximum Gasteiger partial charge on any atom is 0.149 e. The summed E-state index contributed by atoms with van der Waals surface area (Å²) in [5.74, 6) is 1.86. The van der Waals surface area contributed by atoms with E-state index < -0.39 is 0 Å². The Hall–Kier alpha value is -1.26. The summed E-state index contributed by atoms with van der Waals surface area (Å²) in [5.41, 5.74) is 3.16. The minimum absolute atomic E-state index is 0.926. The van der Waals surface area contributed by atoms with E-state index in [1.165, 1.54) is 5.56 Å². The second-order valence-corrected chi connectivity index (χ2v) is 5.99. The van der Waals surface area contributed by atoms with Crippen molar-refractivity contribution in [3.8, 4) is 0 Å². The summed E-state index contributed by atoms with van der Waals surface area (Å²) < 4.78 is 12.8. The monoisotopic (exact) mass is 335 g/mol. The molecule has 0 amide bonds. The molecule has 0 bridgehead atoms. The molecule has 0 fully saturated rings. The van der Waals surface area contributed by atoms with E-state index in [9.17, 15) is 0 Å². The molecule has 1 aromatic carbocycles. The molecular formula is C16H18BrNO2. The third-order valence-corrected chi connectivity index (χ3v) is 4.39. The number of nitrogens with one attached hydrogen (secondary N) is 1. The maximum absolute atomic E-state index is 5.94. The van der Waals surface area contributed by atoms with E-state index in [0.717, 1.165) is 57.3 Å². The fourth-order valence-corrected chi connectivity index (χ4v) is 3.33. The van der Waals surface area contributed by atoms with E-state index in [-0.39, 0.29) is 0 Å². The van der Waals surface area contributed by atoms with Gasteiger partial charge in [0.25, 0.3) is 0 Å². The van der Waals surface area contributed by atoms with Crippen LogP contribution in [0.2, 0.25) is 0 Å². The van der Waals surface area contributed by atoms with Crippen LogP contribution < -0.4 is 5.32 Å². The van der Waals surface area contributed by atoms with Gasteiger partial charge in [-0.1, -0.05) is 0 Å². The quantitative estimate of drug-likeness (QED) is 0.701. The lowest BCUT2D eigenvalue weighted by Gasteiger charge is -2.06. The van der Waals surface area contributed by atoms with Gasteiger partial charge in [-0.2, -0.15) is 0 Å². The largest absolute Gasteiger partial charge is 0.461 e. The smallest absolute Gasteiger partial charge is 0.149 e. The zero-order chi connectivity index (χ0) is 14.3. The van der Waals surface area contributed by atoms with Gasteiger partial charge in [0.05, 0.1) is 4.47 Å². The first-order chi connectivity index (χ1) is 9.61. The van der Waals surface area contributed by atoms with E-state index in [1.807, 2.05) is 20.9 Å². The Bertz CT molecular complexity index is 712. The van der Waals surface area contributed by atoms with Crippen LogP contribution in [0.1, 0.15) is 23.5 Å². The van der Waals surface area contributed by atoms with Crippen LogP contribution in [0.25, 0.3) is 21.9 Å². The van der Waals surface area contributed by atoms with Gasteiger partial charge in [0.1, 0.15) is 22.7 Å². The second kappa shape index (κ2) is 5.26. The first kappa shape index (κ1) is 13.7. The van der Waals surface area contributed by atoms with Gasteiger partial charge >= 0.3 is 0 Å². The molecule has 1 N–H and O–H groups in total. The molecule has 3 rings (SSSR count). The van der Waals surface area contributed by atoms with E-state index >= 15 is 0 Å². The number of benzene rings is 1. The van der Waals surface area contributed by atoms with Crippen LogP contribution in [0.15, 0.2) is 25.4 Å². The zero-order valence-electron chi connectivity index (χ0n) is 12.0. The molecule has 20 heavy (non-hydrogen) atoms. The molecular weight excluding hydrogens is 318 g/mol. The van der Waals surface area contributed by atoms with E-state index in [4.69, 9.17) is 8.83 Å². The molecule has 106 valence electrons. The number of halogens is 1. The number of rotatable bonds is 4. The fourth-order valence-electron chi connectivity index (χ4n) is 2.74. The molecule has 0 spiro atoms. The number of aryl methyl sites for hydroxylation is 3. The topological polar surface area (TPSA) is 38.3 Å². The first-order valence-corrected chi connectivity index (χ1v) is 7.66. The summed E-state index contributed by atoms with van der Waals surface area (Å²) in [6.07, 6.45) is 2.05. The summed E-state index contributed by atoms with van der Waals surface area (Å²) in [7, 11) is 1.98. The SMILES string of the molecule is CNCCCc1c2cc(C)oc2c(Br)c2cc(C)oc12. The molecule has 4 heteroatoms. The van der Waals surface area contributed by atoms with Crippen LogP contribution in [-0.2, 0) is 6.42 Å². The molecule has 3 nitrogen and oxygen atoms in total. The van der Waals surface area contributed by atoms with Crippen molar-refractivity contribution in [2.75, 3.05) is 13.6 Å². The van der Waals surface area contributed by atoms with Crippen molar-refractivity contribution in [3.63, 3.8) is 0 Å². The van der Waals surface area contributed by atoms with Gasteiger partial charge in [0.15, 0.2) is 0 Å². The molecule has 0 radical (unpaired) electrons. The Balaban J connectivity index is 2.27. The molecule has 0 saturated heterocycles. The standard InChI is InChI=1S/C16H18BrNO2/c1-9-7-12-11(5-4-6-18-3)15-13(8-10(2)19-15)14(17)16(12)20-9/h7-8,18H,4-6H2,1-3H3. The van der Waals surface area contributed by atoms with Crippen LogP contribution in [-0.4, -0.2) is 13.6 Å². The Morgan fingerprint density at radius 2 is 1.70 bits per heavy atom. The summed E-state index contributed by atoms with van der Waals surface area (Å²) >= 11 is 3.66. The number of furan rings is 2. The molecule has 0 atom stereocenters. The van der Waals surface area contributed by atoms with Gasteiger partial charge in [-0.15, -0.1) is 0 Å². The van der Waals surface area contributed by atoms with Gasteiger partial charge < -0.3 is 14.2 Å².